The minimum absolute atomic E-state index is 0.0147. The first-order chi connectivity index (χ1) is 11.6. The standard InChI is InChI=1S/C12H20Cl2N6O4/c13-5-7-19(17-23)11(21)15-9-3-1-2-4-10(9)16-12(22)20(18-24)8-6-14/h9-10H,1-8H2,(H,15,21)(H,16,22)/t9-,10-/m0/s1. The summed E-state index contributed by atoms with van der Waals surface area (Å²) in [5.41, 5.74) is 0. The molecule has 2 atom stereocenters. The van der Waals surface area contributed by atoms with Gasteiger partial charge >= 0.3 is 12.1 Å². The third-order valence-electron chi connectivity index (χ3n) is 3.64. The molecule has 136 valence electrons. The lowest BCUT2D eigenvalue weighted by molar-refractivity contribution is 0.176. The molecule has 1 aliphatic carbocycles. The van der Waals surface area contributed by atoms with Gasteiger partial charge in [0.2, 0.25) is 0 Å². The Morgan fingerprint density at radius 3 is 1.54 bits per heavy atom. The lowest BCUT2D eigenvalue weighted by atomic mass is 9.90. The third-order valence-corrected chi connectivity index (χ3v) is 3.98. The molecule has 0 bridgehead atoms. The van der Waals surface area contributed by atoms with Gasteiger partial charge < -0.3 is 10.6 Å². The molecule has 24 heavy (non-hydrogen) atoms. The van der Waals surface area contributed by atoms with Crippen LogP contribution in [0.15, 0.2) is 10.6 Å². The van der Waals surface area contributed by atoms with Crippen molar-refractivity contribution in [1.82, 2.24) is 20.7 Å². The summed E-state index contributed by atoms with van der Waals surface area (Å²) in [5, 5.41) is 11.9. The zero-order valence-electron chi connectivity index (χ0n) is 13.0. The third kappa shape index (κ3) is 6.08. The van der Waals surface area contributed by atoms with Gasteiger partial charge in [-0.15, -0.1) is 33.0 Å². The van der Waals surface area contributed by atoms with Crippen LogP contribution >= 0.6 is 23.2 Å². The quantitative estimate of drug-likeness (QED) is 0.379. The van der Waals surface area contributed by atoms with E-state index in [0.717, 1.165) is 12.8 Å². The van der Waals surface area contributed by atoms with Crippen LogP contribution in [0.5, 0.6) is 0 Å². The van der Waals surface area contributed by atoms with Crippen molar-refractivity contribution in [3.05, 3.63) is 9.81 Å². The minimum Gasteiger partial charge on any atom is -0.332 e. The molecule has 4 amide bonds. The summed E-state index contributed by atoms with van der Waals surface area (Å²) in [4.78, 5) is 45.3. The van der Waals surface area contributed by atoms with E-state index in [1.807, 2.05) is 0 Å². The van der Waals surface area contributed by atoms with Gasteiger partial charge in [-0.25, -0.2) is 9.59 Å². The fourth-order valence-corrected chi connectivity index (χ4v) is 2.78. The molecule has 0 aromatic heterocycles. The minimum atomic E-state index is -0.678. The molecule has 1 rings (SSSR count). The van der Waals surface area contributed by atoms with Crippen LogP contribution in [0, 0.1) is 9.81 Å². The first kappa shape index (κ1) is 20.4. The molecule has 10 nitrogen and oxygen atoms in total. The molecular weight excluding hydrogens is 363 g/mol. The Bertz CT molecular complexity index is 415. The average Bonchev–Trinajstić information content (AvgIpc) is 2.58. The van der Waals surface area contributed by atoms with E-state index in [9.17, 15) is 19.4 Å². The molecule has 0 saturated heterocycles. The number of hydrogen-bond acceptors (Lipinski definition) is 6. The van der Waals surface area contributed by atoms with Crippen LogP contribution in [-0.2, 0) is 0 Å². The molecule has 1 saturated carbocycles. The number of amides is 4. The number of nitrogens with zero attached hydrogens (tertiary/aromatic N) is 4. The number of carbonyl (C=O) groups excluding carboxylic acids is 2. The highest BCUT2D eigenvalue weighted by Gasteiger charge is 2.30. The summed E-state index contributed by atoms with van der Waals surface area (Å²) in [5.74, 6) is 0.144. The van der Waals surface area contributed by atoms with Crippen LogP contribution in [0.3, 0.4) is 0 Å². The van der Waals surface area contributed by atoms with Crippen molar-refractivity contribution in [1.29, 1.82) is 0 Å². The second-order valence-corrected chi connectivity index (χ2v) is 5.94. The molecule has 0 aromatic carbocycles. The monoisotopic (exact) mass is 382 g/mol. The molecular formula is C12H20Cl2N6O4. The number of nitrogens with one attached hydrogen (secondary N) is 2. The Balaban J connectivity index is 2.67. The van der Waals surface area contributed by atoms with Crippen molar-refractivity contribution >= 4 is 35.3 Å². The van der Waals surface area contributed by atoms with Crippen LogP contribution in [0.4, 0.5) is 9.59 Å². The van der Waals surface area contributed by atoms with E-state index in [0.29, 0.717) is 22.9 Å². The van der Waals surface area contributed by atoms with Crippen LogP contribution < -0.4 is 10.6 Å². The molecule has 1 aliphatic rings. The summed E-state index contributed by atoms with van der Waals surface area (Å²) in [6.07, 6.45) is 2.96. The summed E-state index contributed by atoms with van der Waals surface area (Å²) >= 11 is 11.0. The van der Waals surface area contributed by atoms with Crippen molar-refractivity contribution in [2.75, 3.05) is 24.8 Å². The first-order valence-electron chi connectivity index (χ1n) is 7.51. The Morgan fingerprint density at radius 2 is 1.25 bits per heavy atom. The van der Waals surface area contributed by atoms with E-state index in [4.69, 9.17) is 23.2 Å². The summed E-state index contributed by atoms with van der Waals surface area (Å²) < 4.78 is 0. The van der Waals surface area contributed by atoms with Crippen molar-refractivity contribution < 1.29 is 9.59 Å². The topological polar surface area (TPSA) is 124 Å². The van der Waals surface area contributed by atoms with Crippen molar-refractivity contribution in [2.45, 2.75) is 37.8 Å². The molecule has 0 unspecified atom stereocenters. The molecule has 12 heteroatoms. The molecule has 0 spiro atoms. The smallest absolute Gasteiger partial charge is 0.332 e. The SMILES string of the molecule is O=NN(CCCl)C(=O)N[C@H]1CCCC[C@@H]1NC(=O)N(CCCl)N=O. The Labute approximate surface area is 149 Å². The normalized spacial score (nSPS) is 19.9. The summed E-state index contributed by atoms with van der Waals surface area (Å²) in [7, 11) is 0. The van der Waals surface area contributed by atoms with Gasteiger partial charge in [-0.3, -0.25) is 0 Å². The largest absolute Gasteiger partial charge is 0.340 e. The lowest BCUT2D eigenvalue weighted by Crippen LogP contribution is -2.56. The van der Waals surface area contributed by atoms with Gasteiger partial charge in [0.15, 0.2) is 0 Å². The van der Waals surface area contributed by atoms with E-state index in [2.05, 4.69) is 21.2 Å². The number of carbonyl (C=O) groups is 2. The van der Waals surface area contributed by atoms with Gasteiger partial charge in [-0.1, -0.05) is 12.8 Å². The predicted octanol–water partition coefficient (Wildman–Crippen LogP) is 2.16. The van der Waals surface area contributed by atoms with E-state index in [-0.39, 0.29) is 36.9 Å². The lowest BCUT2D eigenvalue weighted by Gasteiger charge is -2.33. The highest BCUT2D eigenvalue weighted by atomic mass is 35.5. The number of alkyl halides is 2. The average molecular weight is 383 g/mol. The maximum atomic E-state index is 12.0. The van der Waals surface area contributed by atoms with E-state index in [1.54, 1.807) is 0 Å². The van der Waals surface area contributed by atoms with Gasteiger partial charge in [0.25, 0.3) is 0 Å². The van der Waals surface area contributed by atoms with E-state index < -0.39 is 12.1 Å². The zero-order valence-corrected chi connectivity index (χ0v) is 14.5. The van der Waals surface area contributed by atoms with Crippen LogP contribution in [0.1, 0.15) is 25.7 Å². The van der Waals surface area contributed by atoms with Crippen molar-refractivity contribution in [3.63, 3.8) is 0 Å². The number of halogens is 2. The fraction of sp³-hybridized carbons (Fsp3) is 0.833. The number of nitroso groups, excluding NO2 is 2. The highest BCUT2D eigenvalue weighted by Crippen LogP contribution is 2.19. The van der Waals surface area contributed by atoms with E-state index >= 15 is 0 Å². The Kier molecular flexibility index (Phi) is 9.31. The Morgan fingerprint density at radius 1 is 0.875 bits per heavy atom. The second kappa shape index (κ2) is 11.0. The number of urea groups is 2. The highest BCUT2D eigenvalue weighted by molar-refractivity contribution is 6.18. The van der Waals surface area contributed by atoms with Gasteiger partial charge in [-0.2, -0.15) is 10.0 Å². The molecule has 0 aliphatic heterocycles. The first-order valence-corrected chi connectivity index (χ1v) is 8.58. The van der Waals surface area contributed by atoms with Gasteiger partial charge in [0.1, 0.15) is 0 Å². The van der Waals surface area contributed by atoms with Crippen molar-refractivity contribution in [2.24, 2.45) is 10.6 Å². The zero-order chi connectivity index (χ0) is 17.9. The van der Waals surface area contributed by atoms with Gasteiger partial charge in [0, 0.05) is 11.8 Å². The van der Waals surface area contributed by atoms with Gasteiger partial charge in [0.05, 0.1) is 35.7 Å². The van der Waals surface area contributed by atoms with Crippen LogP contribution in [-0.4, -0.2) is 59.0 Å². The van der Waals surface area contributed by atoms with Gasteiger partial charge in [-0.05, 0) is 12.8 Å². The summed E-state index contributed by atoms with van der Waals surface area (Å²) in [6.45, 7) is -0.0294. The Hall–Kier alpha value is -1.68. The molecule has 1 fully saturated rings. The molecule has 0 radical (unpaired) electrons. The summed E-state index contributed by atoms with van der Waals surface area (Å²) in [6, 6.07) is -2.13. The molecule has 0 aromatic rings. The fourth-order valence-electron chi connectivity index (χ4n) is 2.46. The molecule has 0 heterocycles. The second-order valence-electron chi connectivity index (χ2n) is 5.18. The molecule has 2 N–H and O–H groups in total. The number of hydrogen-bond donors (Lipinski definition) is 2. The van der Waals surface area contributed by atoms with Crippen LogP contribution in [0.2, 0.25) is 0 Å². The predicted molar refractivity (Wildman–Crippen MR) is 89.5 cm³/mol. The van der Waals surface area contributed by atoms with Crippen LogP contribution in [0.25, 0.3) is 0 Å². The maximum absolute atomic E-state index is 12.0. The van der Waals surface area contributed by atoms with Crippen molar-refractivity contribution in [3.8, 4) is 0 Å². The maximum Gasteiger partial charge on any atom is 0.340 e. The number of rotatable bonds is 8. The van der Waals surface area contributed by atoms with E-state index in [1.165, 1.54) is 0 Å².